The number of alkyl carbamates (subject to hydrolysis) is 1. The van der Waals surface area contributed by atoms with E-state index in [0.717, 1.165) is 24.2 Å². The van der Waals surface area contributed by atoms with E-state index >= 15 is 0 Å². The molecule has 19 heavy (non-hydrogen) atoms. The first-order valence-electron chi connectivity index (χ1n) is 6.55. The van der Waals surface area contributed by atoms with Gasteiger partial charge in [-0.25, -0.2) is 4.79 Å². The molecule has 5 nitrogen and oxygen atoms in total. The van der Waals surface area contributed by atoms with E-state index in [1.165, 1.54) is 0 Å². The fourth-order valence-electron chi connectivity index (χ4n) is 2.01. The van der Waals surface area contributed by atoms with Crippen molar-refractivity contribution < 1.29 is 19.4 Å². The molecule has 104 valence electrons. The van der Waals surface area contributed by atoms with Crippen LogP contribution in [0.3, 0.4) is 0 Å². The first kappa shape index (κ1) is 13.7. The van der Waals surface area contributed by atoms with Crippen LogP contribution in [0.2, 0.25) is 0 Å². The van der Waals surface area contributed by atoms with Crippen molar-refractivity contribution in [2.75, 3.05) is 13.2 Å². The highest BCUT2D eigenvalue weighted by Crippen LogP contribution is 2.26. The van der Waals surface area contributed by atoms with Crippen molar-refractivity contribution in [3.63, 3.8) is 0 Å². The maximum absolute atomic E-state index is 11.2. The first-order chi connectivity index (χ1) is 9.24. The van der Waals surface area contributed by atoms with E-state index in [4.69, 9.17) is 9.47 Å². The Morgan fingerprint density at radius 3 is 2.74 bits per heavy atom. The molecule has 1 fully saturated rings. The average molecular weight is 265 g/mol. The Kier molecular flexibility index (Phi) is 4.63. The number of rotatable bonds is 6. The van der Waals surface area contributed by atoms with Crippen LogP contribution in [0, 0.1) is 0 Å². The van der Waals surface area contributed by atoms with Crippen LogP contribution >= 0.6 is 0 Å². The molecule has 1 heterocycles. The minimum absolute atomic E-state index is 0.196. The van der Waals surface area contributed by atoms with Crippen molar-refractivity contribution in [3.05, 3.63) is 29.8 Å². The number of hydrogen-bond acceptors (Lipinski definition) is 4. The van der Waals surface area contributed by atoms with E-state index in [2.05, 4.69) is 12.2 Å². The third-order valence-corrected chi connectivity index (χ3v) is 3.09. The van der Waals surface area contributed by atoms with Crippen LogP contribution in [-0.2, 0) is 4.74 Å². The summed E-state index contributed by atoms with van der Waals surface area (Å²) in [6, 6.07) is 7.18. The van der Waals surface area contributed by atoms with E-state index in [9.17, 15) is 9.90 Å². The number of nitrogens with one attached hydrogen (secondary N) is 1. The van der Waals surface area contributed by atoms with Crippen molar-refractivity contribution in [2.45, 2.75) is 31.9 Å². The quantitative estimate of drug-likeness (QED) is 0.772. The number of aliphatic hydroxyl groups is 1. The van der Waals surface area contributed by atoms with Gasteiger partial charge in [0.25, 0.3) is 0 Å². The number of carbonyl (C=O) groups is 1. The summed E-state index contributed by atoms with van der Waals surface area (Å²) in [5.74, 6) is 0.808. The van der Waals surface area contributed by atoms with Gasteiger partial charge in [-0.3, -0.25) is 0 Å². The number of amides is 1. The average Bonchev–Trinajstić information content (AvgIpc) is 2.81. The molecular weight excluding hydrogens is 246 g/mol. The second-order valence-corrected chi connectivity index (χ2v) is 4.52. The topological polar surface area (TPSA) is 67.8 Å². The summed E-state index contributed by atoms with van der Waals surface area (Å²) in [5.41, 5.74) is 0.896. The van der Waals surface area contributed by atoms with Gasteiger partial charge in [0, 0.05) is 0 Å². The summed E-state index contributed by atoms with van der Waals surface area (Å²) in [4.78, 5) is 11.2. The van der Waals surface area contributed by atoms with Crippen molar-refractivity contribution in [1.29, 1.82) is 0 Å². The molecule has 0 bridgehead atoms. The number of benzene rings is 1. The van der Waals surface area contributed by atoms with Gasteiger partial charge in [-0.05, 0) is 24.1 Å². The molecular formula is C14H19NO4. The molecule has 1 aliphatic rings. The summed E-state index contributed by atoms with van der Waals surface area (Å²) >= 11 is 0. The van der Waals surface area contributed by atoms with Crippen molar-refractivity contribution >= 4 is 6.09 Å². The molecule has 0 aliphatic carbocycles. The van der Waals surface area contributed by atoms with Crippen LogP contribution in [-0.4, -0.2) is 30.5 Å². The van der Waals surface area contributed by atoms with Gasteiger partial charge in [0.1, 0.15) is 5.75 Å². The predicted octanol–water partition coefficient (Wildman–Crippen LogP) is 2.01. The molecule has 1 aliphatic heterocycles. The van der Waals surface area contributed by atoms with Gasteiger partial charge in [-0.1, -0.05) is 25.5 Å². The Labute approximate surface area is 112 Å². The van der Waals surface area contributed by atoms with Crippen LogP contribution in [0.5, 0.6) is 5.75 Å². The highest BCUT2D eigenvalue weighted by atomic mass is 16.6. The second-order valence-electron chi connectivity index (χ2n) is 4.52. The van der Waals surface area contributed by atoms with Gasteiger partial charge < -0.3 is 19.9 Å². The molecule has 1 amide bonds. The number of unbranched alkanes of at least 4 members (excludes halogenated alkanes) is 1. The lowest BCUT2D eigenvalue weighted by atomic mass is 10.0. The van der Waals surface area contributed by atoms with E-state index < -0.39 is 12.2 Å². The monoisotopic (exact) mass is 265 g/mol. The molecule has 0 radical (unpaired) electrons. The zero-order valence-electron chi connectivity index (χ0n) is 11.0. The second kappa shape index (κ2) is 6.43. The molecule has 1 aromatic carbocycles. The van der Waals surface area contributed by atoms with E-state index in [1.807, 2.05) is 24.3 Å². The van der Waals surface area contributed by atoms with Crippen LogP contribution in [0.4, 0.5) is 4.79 Å². The summed E-state index contributed by atoms with van der Waals surface area (Å²) in [5, 5.41) is 11.9. The smallest absolute Gasteiger partial charge is 0.408 e. The number of ether oxygens (including phenoxy) is 2. The molecule has 2 rings (SSSR count). The number of hydrogen-bond donors (Lipinski definition) is 2. The first-order valence-corrected chi connectivity index (χ1v) is 6.55. The molecule has 2 N–H and O–H groups in total. The zero-order valence-corrected chi connectivity index (χ0v) is 11.0. The van der Waals surface area contributed by atoms with Crippen LogP contribution in [0.25, 0.3) is 0 Å². The van der Waals surface area contributed by atoms with Crippen molar-refractivity contribution in [1.82, 2.24) is 5.32 Å². The molecule has 2 atom stereocenters. The van der Waals surface area contributed by atoms with Gasteiger partial charge in [0.2, 0.25) is 0 Å². The Hall–Kier alpha value is -1.75. The van der Waals surface area contributed by atoms with Crippen molar-refractivity contribution in [3.8, 4) is 5.75 Å². The molecule has 1 saturated heterocycles. The van der Waals surface area contributed by atoms with Gasteiger partial charge in [-0.15, -0.1) is 0 Å². The van der Waals surface area contributed by atoms with E-state index in [-0.39, 0.29) is 12.6 Å². The van der Waals surface area contributed by atoms with Gasteiger partial charge in [-0.2, -0.15) is 0 Å². The minimum atomic E-state index is -0.528. The fourth-order valence-corrected chi connectivity index (χ4v) is 2.01. The zero-order chi connectivity index (χ0) is 13.7. The molecule has 0 saturated carbocycles. The minimum Gasteiger partial charge on any atom is -0.494 e. The Morgan fingerprint density at radius 2 is 2.11 bits per heavy atom. The van der Waals surface area contributed by atoms with Gasteiger partial charge in [0.15, 0.2) is 6.10 Å². The molecule has 1 aromatic rings. The van der Waals surface area contributed by atoms with Crippen LogP contribution < -0.4 is 10.1 Å². The van der Waals surface area contributed by atoms with Gasteiger partial charge in [0.05, 0.1) is 19.3 Å². The maximum Gasteiger partial charge on any atom is 0.408 e. The van der Waals surface area contributed by atoms with Gasteiger partial charge >= 0.3 is 6.09 Å². The Bertz CT molecular complexity index is 418. The standard InChI is InChI=1S/C14H19NO4/c1-2-3-8-18-11-6-4-10(5-7-11)13-12(9-16)19-14(17)15-13/h4-7,12-13,16H,2-3,8-9H2,1H3,(H,15,17)/t12?,13-/m1/s1. The van der Waals surface area contributed by atoms with Crippen LogP contribution in [0.1, 0.15) is 31.4 Å². The molecule has 0 aromatic heterocycles. The van der Waals surface area contributed by atoms with E-state index in [1.54, 1.807) is 0 Å². The molecule has 0 spiro atoms. The lowest BCUT2D eigenvalue weighted by molar-refractivity contribution is 0.0829. The normalized spacial score (nSPS) is 21.9. The van der Waals surface area contributed by atoms with E-state index in [0.29, 0.717) is 6.61 Å². The summed E-state index contributed by atoms with van der Waals surface area (Å²) in [6.45, 7) is 2.63. The maximum atomic E-state index is 11.2. The number of carbonyl (C=O) groups excluding carboxylic acids is 1. The largest absolute Gasteiger partial charge is 0.494 e. The lowest BCUT2D eigenvalue weighted by Crippen LogP contribution is -2.24. The fraction of sp³-hybridized carbons (Fsp3) is 0.500. The lowest BCUT2D eigenvalue weighted by Gasteiger charge is -2.15. The SMILES string of the molecule is CCCCOc1ccc([C@H]2NC(=O)OC2CO)cc1. The number of aliphatic hydroxyl groups excluding tert-OH is 1. The third-order valence-electron chi connectivity index (χ3n) is 3.09. The van der Waals surface area contributed by atoms with Crippen LogP contribution in [0.15, 0.2) is 24.3 Å². The summed E-state index contributed by atoms with van der Waals surface area (Å²) in [6.07, 6.45) is 1.11. The predicted molar refractivity (Wildman–Crippen MR) is 70.1 cm³/mol. The Balaban J connectivity index is 1.99. The highest BCUT2D eigenvalue weighted by Gasteiger charge is 2.34. The highest BCUT2D eigenvalue weighted by molar-refractivity contribution is 5.70. The number of cyclic esters (lactones) is 1. The van der Waals surface area contributed by atoms with Crippen molar-refractivity contribution in [2.24, 2.45) is 0 Å². The molecule has 5 heteroatoms. The molecule has 1 unspecified atom stereocenters. The third kappa shape index (κ3) is 3.38. The summed E-state index contributed by atoms with van der Waals surface area (Å²) < 4.78 is 10.5. The Morgan fingerprint density at radius 1 is 1.37 bits per heavy atom. The summed E-state index contributed by atoms with van der Waals surface area (Å²) in [7, 11) is 0.